The minimum atomic E-state index is -0.130. The maximum absolute atomic E-state index is 12.1. The molecule has 0 spiro atoms. The van der Waals surface area contributed by atoms with E-state index < -0.39 is 0 Å². The molecule has 1 heterocycles. The van der Waals surface area contributed by atoms with Gasteiger partial charge in [0.15, 0.2) is 0 Å². The lowest BCUT2D eigenvalue weighted by Gasteiger charge is -2.30. The molecule has 118 valence electrons. The van der Waals surface area contributed by atoms with Gasteiger partial charge in [-0.1, -0.05) is 18.6 Å². The first-order chi connectivity index (χ1) is 10.1. The van der Waals surface area contributed by atoms with E-state index in [9.17, 15) is 9.59 Å². The van der Waals surface area contributed by atoms with Crippen LogP contribution in [0.1, 0.15) is 58.3 Å². The molecule has 0 aromatic rings. The van der Waals surface area contributed by atoms with E-state index in [-0.39, 0.29) is 18.2 Å². The molecule has 1 fully saturated rings. The Kier molecular flexibility index (Phi) is 6.27. The number of nitrogens with zero attached hydrogens (tertiary/aromatic N) is 1. The van der Waals surface area contributed by atoms with E-state index in [4.69, 9.17) is 0 Å². The predicted molar refractivity (Wildman–Crippen MR) is 83.8 cm³/mol. The van der Waals surface area contributed by atoms with Crippen molar-refractivity contribution in [3.63, 3.8) is 0 Å². The van der Waals surface area contributed by atoms with Gasteiger partial charge < -0.3 is 10.2 Å². The molecule has 4 heteroatoms. The van der Waals surface area contributed by atoms with E-state index in [0.29, 0.717) is 12.5 Å². The Morgan fingerprint density at radius 2 is 2.19 bits per heavy atom. The molecule has 2 aliphatic rings. The lowest BCUT2D eigenvalue weighted by Crippen LogP contribution is -2.41. The zero-order chi connectivity index (χ0) is 15.1. The van der Waals surface area contributed by atoms with Gasteiger partial charge in [0, 0.05) is 19.6 Å². The van der Waals surface area contributed by atoms with Crippen LogP contribution in [0.4, 0.5) is 0 Å². The number of carbonyl (C=O) groups is 2. The molecule has 2 rings (SSSR count). The van der Waals surface area contributed by atoms with E-state index >= 15 is 0 Å². The summed E-state index contributed by atoms with van der Waals surface area (Å²) >= 11 is 0. The molecular weight excluding hydrogens is 264 g/mol. The van der Waals surface area contributed by atoms with E-state index in [1.807, 2.05) is 4.90 Å². The number of piperidine rings is 1. The zero-order valence-electron chi connectivity index (χ0n) is 13.2. The third-order valence-corrected chi connectivity index (χ3v) is 4.47. The van der Waals surface area contributed by atoms with Crippen molar-refractivity contribution in [1.82, 2.24) is 10.2 Å². The van der Waals surface area contributed by atoms with Crippen LogP contribution in [0.15, 0.2) is 11.6 Å². The topological polar surface area (TPSA) is 49.4 Å². The van der Waals surface area contributed by atoms with Crippen molar-refractivity contribution in [2.75, 3.05) is 19.6 Å². The van der Waals surface area contributed by atoms with Gasteiger partial charge in [0.25, 0.3) is 0 Å². The van der Waals surface area contributed by atoms with Crippen molar-refractivity contribution in [2.45, 2.75) is 58.3 Å². The van der Waals surface area contributed by atoms with Crippen LogP contribution in [0.5, 0.6) is 0 Å². The van der Waals surface area contributed by atoms with E-state index in [2.05, 4.69) is 18.3 Å². The Morgan fingerprint density at radius 3 is 2.90 bits per heavy atom. The van der Waals surface area contributed by atoms with Crippen molar-refractivity contribution in [2.24, 2.45) is 5.92 Å². The predicted octanol–water partition coefficient (Wildman–Crippen LogP) is 2.64. The Labute approximate surface area is 128 Å². The van der Waals surface area contributed by atoms with Crippen LogP contribution in [-0.2, 0) is 9.59 Å². The summed E-state index contributed by atoms with van der Waals surface area (Å²) in [5.41, 5.74) is 1.46. The standard InChI is InChI=1S/C17H28N2O2/c1-14-6-5-11-19(13-14)17(21)12-16(20)18-10-9-15-7-3-2-4-8-15/h7,14H,2-6,8-13H2,1H3,(H,18,20). The summed E-state index contributed by atoms with van der Waals surface area (Å²) in [6, 6.07) is 0. The molecule has 21 heavy (non-hydrogen) atoms. The van der Waals surface area contributed by atoms with Crippen molar-refractivity contribution < 1.29 is 9.59 Å². The van der Waals surface area contributed by atoms with Crippen molar-refractivity contribution >= 4 is 11.8 Å². The van der Waals surface area contributed by atoms with Crippen LogP contribution in [0.3, 0.4) is 0 Å². The number of carbonyl (C=O) groups excluding carboxylic acids is 2. The van der Waals surface area contributed by atoms with E-state index in [1.165, 1.54) is 37.7 Å². The molecule has 0 radical (unpaired) electrons. The number of likely N-dealkylation sites (tertiary alicyclic amines) is 1. The number of allylic oxidation sites excluding steroid dienone is 1. The van der Waals surface area contributed by atoms with Gasteiger partial charge in [0.1, 0.15) is 6.42 Å². The van der Waals surface area contributed by atoms with Gasteiger partial charge in [0.2, 0.25) is 11.8 Å². The van der Waals surface area contributed by atoms with Gasteiger partial charge in [-0.2, -0.15) is 0 Å². The monoisotopic (exact) mass is 292 g/mol. The number of hydrogen-bond acceptors (Lipinski definition) is 2. The summed E-state index contributed by atoms with van der Waals surface area (Å²) in [7, 11) is 0. The highest BCUT2D eigenvalue weighted by atomic mass is 16.2. The summed E-state index contributed by atoms with van der Waals surface area (Å²) in [6.45, 7) is 4.44. The van der Waals surface area contributed by atoms with Crippen molar-refractivity contribution in [3.8, 4) is 0 Å². The second-order valence-corrected chi connectivity index (χ2v) is 6.47. The van der Waals surface area contributed by atoms with Gasteiger partial charge >= 0.3 is 0 Å². The van der Waals surface area contributed by atoms with Crippen LogP contribution in [-0.4, -0.2) is 36.3 Å². The van der Waals surface area contributed by atoms with E-state index in [1.54, 1.807) is 0 Å². The molecule has 4 nitrogen and oxygen atoms in total. The number of nitrogens with one attached hydrogen (secondary N) is 1. The smallest absolute Gasteiger partial charge is 0.232 e. The molecule has 0 bridgehead atoms. The summed E-state index contributed by atoms with van der Waals surface area (Å²) < 4.78 is 0. The fourth-order valence-electron chi connectivity index (χ4n) is 3.22. The molecule has 1 aliphatic carbocycles. The summed E-state index contributed by atoms with van der Waals surface area (Å²) in [5.74, 6) is 0.412. The highest BCUT2D eigenvalue weighted by Crippen LogP contribution is 2.19. The Bertz CT molecular complexity index is 404. The largest absolute Gasteiger partial charge is 0.355 e. The first-order valence-corrected chi connectivity index (χ1v) is 8.37. The summed E-state index contributed by atoms with van der Waals surface area (Å²) in [5, 5.41) is 2.88. The van der Waals surface area contributed by atoms with Crippen molar-refractivity contribution in [3.05, 3.63) is 11.6 Å². The van der Waals surface area contributed by atoms with Crippen molar-refractivity contribution in [1.29, 1.82) is 0 Å². The summed E-state index contributed by atoms with van der Waals surface area (Å²) in [6.07, 6.45) is 10.4. The third kappa shape index (κ3) is 5.52. The Hall–Kier alpha value is -1.32. The highest BCUT2D eigenvalue weighted by molar-refractivity contribution is 5.96. The van der Waals surface area contributed by atoms with Gasteiger partial charge in [-0.25, -0.2) is 0 Å². The first kappa shape index (κ1) is 16.1. The molecule has 1 atom stereocenters. The molecular formula is C17H28N2O2. The SMILES string of the molecule is CC1CCCN(C(=O)CC(=O)NCCC2=CCCCC2)C1. The quantitative estimate of drug-likeness (QED) is 0.625. The lowest BCUT2D eigenvalue weighted by molar-refractivity contribution is -0.137. The molecule has 1 N–H and O–H groups in total. The lowest BCUT2D eigenvalue weighted by atomic mass is 9.97. The molecule has 0 aromatic heterocycles. The molecule has 1 aliphatic heterocycles. The average Bonchev–Trinajstić information content (AvgIpc) is 2.48. The Morgan fingerprint density at radius 1 is 1.33 bits per heavy atom. The maximum atomic E-state index is 12.1. The fraction of sp³-hybridized carbons (Fsp3) is 0.765. The number of hydrogen-bond donors (Lipinski definition) is 1. The zero-order valence-corrected chi connectivity index (χ0v) is 13.2. The van der Waals surface area contributed by atoms with Gasteiger partial charge in [-0.15, -0.1) is 0 Å². The van der Waals surface area contributed by atoms with E-state index in [0.717, 1.165) is 25.9 Å². The number of rotatable bonds is 5. The van der Waals surface area contributed by atoms with Crippen LogP contribution in [0.25, 0.3) is 0 Å². The average molecular weight is 292 g/mol. The van der Waals surface area contributed by atoms with Crippen LogP contribution in [0.2, 0.25) is 0 Å². The van der Waals surface area contributed by atoms with Crippen LogP contribution in [0, 0.1) is 5.92 Å². The maximum Gasteiger partial charge on any atom is 0.232 e. The fourth-order valence-corrected chi connectivity index (χ4v) is 3.22. The second-order valence-electron chi connectivity index (χ2n) is 6.47. The van der Waals surface area contributed by atoms with Gasteiger partial charge in [-0.3, -0.25) is 9.59 Å². The molecule has 1 saturated heterocycles. The molecule has 0 saturated carbocycles. The molecule has 0 aromatic carbocycles. The summed E-state index contributed by atoms with van der Waals surface area (Å²) in [4.78, 5) is 25.8. The first-order valence-electron chi connectivity index (χ1n) is 8.37. The van der Waals surface area contributed by atoms with Gasteiger partial charge in [-0.05, 0) is 50.9 Å². The second kappa shape index (κ2) is 8.20. The van der Waals surface area contributed by atoms with Crippen LogP contribution < -0.4 is 5.32 Å². The molecule has 2 amide bonds. The highest BCUT2D eigenvalue weighted by Gasteiger charge is 2.22. The minimum absolute atomic E-state index is 0.00572. The molecule has 1 unspecified atom stereocenters. The third-order valence-electron chi connectivity index (χ3n) is 4.47. The van der Waals surface area contributed by atoms with Gasteiger partial charge in [0.05, 0.1) is 0 Å². The number of amides is 2. The normalized spacial score (nSPS) is 22.6. The van der Waals surface area contributed by atoms with Crippen LogP contribution >= 0.6 is 0 Å². The Balaban J connectivity index is 1.64. The minimum Gasteiger partial charge on any atom is -0.355 e.